The highest BCUT2D eigenvalue weighted by Crippen LogP contribution is 2.04. The number of amides is 1. The van der Waals surface area contributed by atoms with Crippen LogP contribution in [0.4, 0.5) is 5.69 Å². The van der Waals surface area contributed by atoms with E-state index < -0.39 is 17.9 Å². The highest BCUT2D eigenvalue weighted by Gasteiger charge is 2.20. The Kier molecular flexibility index (Phi) is 5.44. The average molecular weight is 269 g/mol. The number of nitrogens with zero attached hydrogens (tertiary/aromatic N) is 1. The van der Waals surface area contributed by atoms with E-state index in [1.165, 1.54) is 24.0 Å². The van der Waals surface area contributed by atoms with E-state index >= 15 is 0 Å². The molecule has 1 aromatic heterocycles. The lowest BCUT2D eigenvalue weighted by atomic mass is 10.2. The van der Waals surface area contributed by atoms with Crippen molar-refractivity contribution in [1.29, 1.82) is 0 Å². The van der Waals surface area contributed by atoms with Crippen LogP contribution in [-0.4, -0.2) is 40.0 Å². The molecule has 1 rings (SSSR count). The van der Waals surface area contributed by atoms with Crippen LogP contribution >= 0.6 is 11.8 Å². The van der Waals surface area contributed by atoms with Gasteiger partial charge in [0.2, 0.25) is 0 Å². The van der Waals surface area contributed by atoms with Gasteiger partial charge in [0.15, 0.2) is 0 Å². The Hall–Kier alpha value is -1.76. The summed E-state index contributed by atoms with van der Waals surface area (Å²) >= 11 is 1.53. The van der Waals surface area contributed by atoms with E-state index in [0.29, 0.717) is 17.9 Å². The number of rotatable bonds is 6. The van der Waals surface area contributed by atoms with Crippen molar-refractivity contribution < 1.29 is 14.7 Å². The van der Waals surface area contributed by atoms with E-state index in [-0.39, 0.29) is 5.69 Å². The second-order valence-electron chi connectivity index (χ2n) is 3.62. The minimum absolute atomic E-state index is 0.152. The fourth-order valence-electron chi connectivity index (χ4n) is 1.26. The number of carbonyl (C=O) groups is 2. The summed E-state index contributed by atoms with van der Waals surface area (Å²) in [6.45, 7) is 0. The van der Waals surface area contributed by atoms with Gasteiger partial charge in [0.25, 0.3) is 5.91 Å². The molecule has 1 heterocycles. The summed E-state index contributed by atoms with van der Waals surface area (Å²) in [6, 6.07) is 2.10. The number of aromatic nitrogens is 1. The Morgan fingerprint density at radius 1 is 1.56 bits per heavy atom. The molecule has 7 heteroatoms. The number of hydrogen-bond acceptors (Lipinski definition) is 5. The van der Waals surface area contributed by atoms with Gasteiger partial charge >= 0.3 is 5.97 Å². The molecular formula is C11H15N3O3S. The maximum atomic E-state index is 11.7. The molecule has 6 nitrogen and oxygen atoms in total. The van der Waals surface area contributed by atoms with Gasteiger partial charge in [-0.15, -0.1) is 0 Å². The third kappa shape index (κ3) is 4.25. The number of pyridine rings is 1. The summed E-state index contributed by atoms with van der Waals surface area (Å²) < 4.78 is 0. The predicted molar refractivity (Wildman–Crippen MR) is 70.5 cm³/mol. The van der Waals surface area contributed by atoms with Crippen LogP contribution in [-0.2, 0) is 4.79 Å². The molecule has 4 N–H and O–H groups in total. The number of nitrogens with two attached hydrogens (primary N) is 1. The van der Waals surface area contributed by atoms with E-state index in [1.807, 2.05) is 6.26 Å². The standard InChI is InChI=1S/C11H15N3O3S/c1-18-5-4-9(11(16)17)14-10(15)8-3-2-7(12)6-13-8/h2-3,6,9H,4-5,12H2,1H3,(H,14,15)(H,16,17)/t9-/m1/s1. The smallest absolute Gasteiger partial charge is 0.326 e. The number of aliphatic carboxylic acids is 1. The molecular weight excluding hydrogens is 254 g/mol. The SMILES string of the molecule is CSCC[C@@H](NC(=O)c1ccc(N)cn1)C(=O)O. The van der Waals surface area contributed by atoms with Gasteiger partial charge in [-0.05, 0) is 30.6 Å². The topological polar surface area (TPSA) is 105 Å². The first kappa shape index (κ1) is 14.3. The first-order valence-electron chi connectivity index (χ1n) is 5.28. The Morgan fingerprint density at radius 2 is 2.28 bits per heavy atom. The second-order valence-corrected chi connectivity index (χ2v) is 4.61. The average Bonchev–Trinajstić information content (AvgIpc) is 2.34. The van der Waals surface area contributed by atoms with Crippen LogP contribution in [0.25, 0.3) is 0 Å². The summed E-state index contributed by atoms with van der Waals surface area (Å²) in [4.78, 5) is 26.5. The number of thioether (sulfide) groups is 1. The molecule has 0 fully saturated rings. The molecule has 98 valence electrons. The number of carboxylic acid groups (broad SMARTS) is 1. The molecule has 0 aliphatic carbocycles. The summed E-state index contributed by atoms with van der Waals surface area (Å²) in [5.41, 5.74) is 6.05. The second kappa shape index (κ2) is 6.85. The Labute approximate surface area is 109 Å². The molecule has 0 spiro atoms. The van der Waals surface area contributed by atoms with Crippen LogP contribution in [0, 0.1) is 0 Å². The summed E-state index contributed by atoms with van der Waals surface area (Å²) in [5.74, 6) is -0.900. The van der Waals surface area contributed by atoms with Crippen molar-refractivity contribution in [2.45, 2.75) is 12.5 Å². The number of hydrogen-bond donors (Lipinski definition) is 3. The van der Waals surface area contributed by atoms with Crippen molar-refractivity contribution in [3.63, 3.8) is 0 Å². The molecule has 1 aromatic rings. The number of nitrogen functional groups attached to an aromatic ring is 1. The zero-order valence-corrected chi connectivity index (χ0v) is 10.7. The van der Waals surface area contributed by atoms with E-state index in [9.17, 15) is 9.59 Å². The van der Waals surface area contributed by atoms with Gasteiger partial charge in [-0.3, -0.25) is 4.79 Å². The van der Waals surface area contributed by atoms with Crippen molar-refractivity contribution in [2.24, 2.45) is 0 Å². The van der Waals surface area contributed by atoms with Gasteiger partial charge in [-0.1, -0.05) is 0 Å². The lowest BCUT2D eigenvalue weighted by Gasteiger charge is -2.13. The molecule has 0 saturated heterocycles. The zero-order chi connectivity index (χ0) is 13.5. The number of anilines is 1. The lowest BCUT2D eigenvalue weighted by molar-refractivity contribution is -0.139. The van der Waals surface area contributed by atoms with Crippen molar-refractivity contribution in [2.75, 3.05) is 17.7 Å². The summed E-state index contributed by atoms with van der Waals surface area (Å²) in [6.07, 6.45) is 3.60. The Balaban J connectivity index is 2.66. The van der Waals surface area contributed by atoms with E-state index in [0.717, 1.165) is 0 Å². The normalized spacial score (nSPS) is 11.8. The fraction of sp³-hybridized carbons (Fsp3) is 0.364. The molecule has 1 atom stereocenters. The lowest BCUT2D eigenvalue weighted by Crippen LogP contribution is -2.41. The molecule has 0 saturated carbocycles. The van der Waals surface area contributed by atoms with Gasteiger partial charge in [0.1, 0.15) is 11.7 Å². The maximum Gasteiger partial charge on any atom is 0.326 e. The van der Waals surface area contributed by atoms with Crippen LogP contribution in [0.1, 0.15) is 16.9 Å². The fourth-order valence-corrected chi connectivity index (χ4v) is 1.74. The molecule has 0 aliphatic heterocycles. The van der Waals surface area contributed by atoms with Crippen LogP contribution in [0.15, 0.2) is 18.3 Å². The minimum Gasteiger partial charge on any atom is -0.480 e. The molecule has 0 aliphatic rings. The van der Waals surface area contributed by atoms with Crippen molar-refractivity contribution in [1.82, 2.24) is 10.3 Å². The number of nitrogens with one attached hydrogen (secondary N) is 1. The number of carboxylic acids is 1. The van der Waals surface area contributed by atoms with Gasteiger partial charge in [0, 0.05) is 0 Å². The Morgan fingerprint density at radius 3 is 2.78 bits per heavy atom. The molecule has 1 amide bonds. The maximum absolute atomic E-state index is 11.7. The van der Waals surface area contributed by atoms with E-state index in [4.69, 9.17) is 10.8 Å². The highest BCUT2D eigenvalue weighted by molar-refractivity contribution is 7.98. The van der Waals surface area contributed by atoms with Crippen LogP contribution in [0.5, 0.6) is 0 Å². The van der Waals surface area contributed by atoms with Crippen molar-refractivity contribution in [3.8, 4) is 0 Å². The first-order valence-corrected chi connectivity index (χ1v) is 6.68. The van der Waals surface area contributed by atoms with Crippen LogP contribution in [0.2, 0.25) is 0 Å². The third-order valence-corrected chi connectivity index (χ3v) is 2.88. The quantitative estimate of drug-likeness (QED) is 0.698. The summed E-state index contributed by atoms with van der Waals surface area (Å²) in [7, 11) is 0. The van der Waals surface area contributed by atoms with Gasteiger partial charge in [-0.2, -0.15) is 11.8 Å². The van der Waals surface area contributed by atoms with Gasteiger partial charge in [0.05, 0.1) is 11.9 Å². The Bertz CT molecular complexity index is 422. The van der Waals surface area contributed by atoms with E-state index in [1.54, 1.807) is 6.07 Å². The summed E-state index contributed by atoms with van der Waals surface area (Å²) in [5, 5.41) is 11.4. The highest BCUT2D eigenvalue weighted by atomic mass is 32.2. The first-order chi connectivity index (χ1) is 8.54. The molecule has 18 heavy (non-hydrogen) atoms. The van der Waals surface area contributed by atoms with Crippen molar-refractivity contribution >= 4 is 29.3 Å². The van der Waals surface area contributed by atoms with Crippen LogP contribution in [0.3, 0.4) is 0 Å². The molecule has 0 bridgehead atoms. The monoisotopic (exact) mass is 269 g/mol. The molecule has 0 unspecified atom stereocenters. The number of carbonyl (C=O) groups excluding carboxylic acids is 1. The molecule has 0 aromatic carbocycles. The van der Waals surface area contributed by atoms with Gasteiger partial charge in [-0.25, -0.2) is 9.78 Å². The largest absolute Gasteiger partial charge is 0.480 e. The van der Waals surface area contributed by atoms with Crippen LogP contribution < -0.4 is 11.1 Å². The van der Waals surface area contributed by atoms with Gasteiger partial charge < -0.3 is 16.2 Å². The van der Waals surface area contributed by atoms with E-state index in [2.05, 4.69) is 10.3 Å². The zero-order valence-electron chi connectivity index (χ0n) is 9.92. The molecule has 0 radical (unpaired) electrons. The van der Waals surface area contributed by atoms with Crippen molar-refractivity contribution in [3.05, 3.63) is 24.0 Å². The predicted octanol–water partition coefficient (Wildman–Crippen LogP) is 0.600. The minimum atomic E-state index is -1.05. The third-order valence-electron chi connectivity index (χ3n) is 2.23.